The maximum Gasteiger partial charge on any atom is 0.337 e. The van der Waals surface area contributed by atoms with Crippen LogP contribution in [0.5, 0.6) is 0 Å². The molecule has 0 aromatic heterocycles. The van der Waals surface area contributed by atoms with Crippen molar-refractivity contribution >= 4 is 17.7 Å². The van der Waals surface area contributed by atoms with Gasteiger partial charge in [0.15, 0.2) is 0 Å². The van der Waals surface area contributed by atoms with Crippen LogP contribution in [0, 0.1) is 5.92 Å². The third-order valence-electron chi connectivity index (χ3n) is 3.96. The molecule has 1 saturated carbocycles. The molecule has 0 saturated heterocycles. The molecule has 0 atom stereocenters. The second-order valence-electron chi connectivity index (χ2n) is 5.52. The number of hydrogen-bond acceptors (Lipinski definition) is 2. The van der Waals surface area contributed by atoms with Gasteiger partial charge in [0.25, 0.3) is 0 Å². The van der Waals surface area contributed by atoms with E-state index in [1.165, 1.54) is 31.7 Å². The predicted molar refractivity (Wildman–Crippen MR) is 81.6 cm³/mol. The van der Waals surface area contributed by atoms with Gasteiger partial charge in [-0.2, -0.15) is 0 Å². The lowest BCUT2D eigenvalue weighted by molar-refractivity contribution is 0.0698. The normalized spacial score (nSPS) is 14.9. The first-order valence-corrected chi connectivity index (χ1v) is 7.54. The number of carboxylic acid groups (broad SMARTS) is 1. The molecule has 0 spiro atoms. The van der Waals surface area contributed by atoms with Crippen molar-refractivity contribution in [3.8, 4) is 0 Å². The van der Waals surface area contributed by atoms with Gasteiger partial charge >= 0.3 is 12.0 Å². The molecule has 0 radical (unpaired) electrons. The summed E-state index contributed by atoms with van der Waals surface area (Å²) >= 11 is 0. The van der Waals surface area contributed by atoms with E-state index in [1.54, 1.807) is 18.2 Å². The zero-order valence-electron chi connectivity index (χ0n) is 12.1. The number of carboxylic acids is 1. The first-order valence-electron chi connectivity index (χ1n) is 7.54. The van der Waals surface area contributed by atoms with Gasteiger partial charge in [-0.1, -0.05) is 37.8 Å². The number of benzene rings is 1. The van der Waals surface area contributed by atoms with Crippen molar-refractivity contribution in [1.29, 1.82) is 0 Å². The SMILES string of the molecule is O=C(NCCCC1CCCC1)Nc1ccccc1C(=O)O. The standard InChI is InChI=1S/C16H22N2O3/c19-15(20)13-9-3-4-10-14(13)18-16(21)17-11-5-8-12-6-1-2-7-12/h3-4,9-10,12H,1-2,5-8,11H2,(H,19,20)(H2,17,18,21). The lowest BCUT2D eigenvalue weighted by Gasteiger charge is -2.11. The van der Waals surface area contributed by atoms with Crippen LogP contribution in [-0.2, 0) is 0 Å². The number of hydrogen-bond donors (Lipinski definition) is 3. The Morgan fingerprint density at radius 1 is 1.19 bits per heavy atom. The molecule has 1 aliphatic carbocycles. The molecular formula is C16H22N2O3. The molecule has 0 aliphatic heterocycles. The fraction of sp³-hybridized carbons (Fsp3) is 0.500. The number of amides is 2. The topological polar surface area (TPSA) is 78.4 Å². The Bertz CT molecular complexity index is 496. The van der Waals surface area contributed by atoms with E-state index in [2.05, 4.69) is 10.6 Å². The van der Waals surface area contributed by atoms with Gasteiger partial charge in [-0.25, -0.2) is 9.59 Å². The zero-order valence-corrected chi connectivity index (χ0v) is 12.1. The molecule has 0 bridgehead atoms. The number of nitrogens with one attached hydrogen (secondary N) is 2. The smallest absolute Gasteiger partial charge is 0.337 e. The highest BCUT2D eigenvalue weighted by atomic mass is 16.4. The molecule has 0 unspecified atom stereocenters. The molecule has 5 nitrogen and oxygen atoms in total. The molecule has 1 fully saturated rings. The lowest BCUT2D eigenvalue weighted by atomic mass is 10.0. The summed E-state index contributed by atoms with van der Waals surface area (Å²) in [7, 11) is 0. The Hall–Kier alpha value is -2.04. The lowest BCUT2D eigenvalue weighted by Crippen LogP contribution is -2.30. The molecule has 1 aromatic carbocycles. The Morgan fingerprint density at radius 3 is 2.62 bits per heavy atom. The van der Waals surface area contributed by atoms with E-state index < -0.39 is 5.97 Å². The van der Waals surface area contributed by atoms with E-state index >= 15 is 0 Å². The Morgan fingerprint density at radius 2 is 1.90 bits per heavy atom. The van der Waals surface area contributed by atoms with E-state index in [-0.39, 0.29) is 11.6 Å². The van der Waals surface area contributed by atoms with Crippen LogP contribution in [0.1, 0.15) is 48.9 Å². The minimum Gasteiger partial charge on any atom is -0.478 e. The number of anilines is 1. The minimum absolute atomic E-state index is 0.0959. The van der Waals surface area contributed by atoms with Crippen LogP contribution in [0.4, 0.5) is 10.5 Å². The minimum atomic E-state index is -1.05. The van der Waals surface area contributed by atoms with Gasteiger partial charge in [0.2, 0.25) is 0 Å². The molecule has 21 heavy (non-hydrogen) atoms. The summed E-state index contributed by atoms with van der Waals surface area (Å²) in [6.07, 6.45) is 7.44. The van der Waals surface area contributed by atoms with Crippen molar-refractivity contribution in [2.45, 2.75) is 38.5 Å². The zero-order chi connectivity index (χ0) is 15.1. The van der Waals surface area contributed by atoms with Gasteiger partial charge in [0, 0.05) is 6.54 Å². The summed E-state index contributed by atoms with van der Waals surface area (Å²) < 4.78 is 0. The summed E-state index contributed by atoms with van der Waals surface area (Å²) in [5, 5.41) is 14.4. The molecule has 2 amide bonds. The fourth-order valence-corrected chi connectivity index (χ4v) is 2.84. The van der Waals surface area contributed by atoms with Crippen molar-refractivity contribution in [2.24, 2.45) is 5.92 Å². The number of carbonyl (C=O) groups is 2. The molecule has 1 aliphatic rings. The van der Waals surface area contributed by atoms with Gasteiger partial charge in [-0.3, -0.25) is 0 Å². The Labute approximate surface area is 124 Å². The van der Waals surface area contributed by atoms with Gasteiger partial charge in [-0.15, -0.1) is 0 Å². The van der Waals surface area contributed by atoms with Crippen LogP contribution in [0.25, 0.3) is 0 Å². The number of rotatable bonds is 6. The van der Waals surface area contributed by atoms with E-state index in [4.69, 9.17) is 5.11 Å². The van der Waals surface area contributed by atoms with Crippen molar-refractivity contribution in [2.75, 3.05) is 11.9 Å². The van der Waals surface area contributed by atoms with Crippen molar-refractivity contribution < 1.29 is 14.7 Å². The Kier molecular flexibility index (Phi) is 5.60. The molecule has 0 heterocycles. The summed E-state index contributed by atoms with van der Waals surface area (Å²) in [5.41, 5.74) is 0.414. The van der Waals surface area contributed by atoms with Gasteiger partial charge < -0.3 is 15.7 Å². The molecular weight excluding hydrogens is 268 g/mol. The third kappa shape index (κ3) is 4.77. The third-order valence-corrected chi connectivity index (χ3v) is 3.96. The monoisotopic (exact) mass is 290 g/mol. The fourth-order valence-electron chi connectivity index (χ4n) is 2.84. The Balaban J connectivity index is 1.73. The number of urea groups is 1. The second kappa shape index (κ2) is 7.67. The number of aromatic carboxylic acids is 1. The van der Waals surface area contributed by atoms with Crippen molar-refractivity contribution in [3.05, 3.63) is 29.8 Å². The van der Waals surface area contributed by atoms with Crippen LogP contribution < -0.4 is 10.6 Å². The highest BCUT2D eigenvalue weighted by Crippen LogP contribution is 2.28. The second-order valence-corrected chi connectivity index (χ2v) is 5.52. The van der Waals surface area contributed by atoms with Crippen LogP contribution in [0.3, 0.4) is 0 Å². The molecule has 3 N–H and O–H groups in total. The largest absolute Gasteiger partial charge is 0.478 e. The van der Waals surface area contributed by atoms with Crippen LogP contribution in [-0.4, -0.2) is 23.7 Å². The average molecular weight is 290 g/mol. The van der Waals surface area contributed by atoms with E-state index in [1.807, 2.05) is 0 Å². The summed E-state index contributed by atoms with van der Waals surface area (Å²) in [6, 6.07) is 6.03. The van der Waals surface area contributed by atoms with Crippen LogP contribution in [0.15, 0.2) is 24.3 Å². The van der Waals surface area contributed by atoms with Crippen LogP contribution in [0.2, 0.25) is 0 Å². The van der Waals surface area contributed by atoms with Crippen molar-refractivity contribution in [3.63, 3.8) is 0 Å². The number of carbonyl (C=O) groups excluding carboxylic acids is 1. The van der Waals surface area contributed by atoms with E-state index in [9.17, 15) is 9.59 Å². The van der Waals surface area contributed by atoms with E-state index in [0.717, 1.165) is 18.8 Å². The van der Waals surface area contributed by atoms with Crippen LogP contribution >= 0.6 is 0 Å². The van der Waals surface area contributed by atoms with Crippen molar-refractivity contribution in [1.82, 2.24) is 5.32 Å². The summed E-state index contributed by atoms with van der Waals surface area (Å²) in [6.45, 7) is 0.623. The molecule has 2 rings (SSSR count). The quantitative estimate of drug-likeness (QED) is 0.702. The molecule has 114 valence electrons. The summed E-state index contributed by atoms with van der Waals surface area (Å²) in [4.78, 5) is 22.8. The maximum atomic E-state index is 11.8. The summed E-state index contributed by atoms with van der Waals surface area (Å²) in [5.74, 6) is -0.227. The maximum absolute atomic E-state index is 11.8. The molecule has 1 aromatic rings. The van der Waals surface area contributed by atoms with E-state index in [0.29, 0.717) is 12.2 Å². The average Bonchev–Trinajstić information content (AvgIpc) is 2.97. The first kappa shape index (κ1) is 15.4. The predicted octanol–water partition coefficient (Wildman–Crippen LogP) is 3.48. The van der Waals surface area contributed by atoms with Gasteiger partial charge in [0.05, 0.1) is 11.3 Å². The highest BCUT2D eigenvalue weighted by Gasteiger charge is 2.14. The molecule has 5 heteroatoms. The van der Waals surface area contributed by atoms with Gasteiger partial charge in [0.1, 0.15) is 0 Å². The number of para-hydroxylation sites is 1. The highest BCUT2D eigenvalue weighted by molar-refractivity contribution is 5.99. The first-order chi connectivity index (χ1) is 10.2. The van der Waals surface area contributed by atoms with Gasteiger partial charge in [-0.05, 0) is 30.9 Å².